The number of halogens is 1. The average molecular weight is 354 g/mol. The first kappa shape index (κ1) is 17.2. The summed E-state index contributed by atoms with van der Waals surface area (Å²) in [6, 6.07) is 13.6. The Bertz CT molecular complexity index is 838. The van der Waals surface area contributed by atoms with E-state index >= 15 is 0 Å². The molecule has 0 aliphatic rings. The highest BCUT2D eigenvalue weighted by Crippen LogP contribution is 2.24. The van der Waals surface area contributed by atoms with Gasteiger partial charge in [0.25, 0.3) is 0 Å². The van der Waals surface area contributed by atoms with Crippen molar-refractivity contribution in [3.05, 3.63) is 71.1 Å². The monoisotopic (exact) mass is 353 g/mol. The normalized spacial score (nSPS) is 10.5. The Morgan fingerprint density at radius 3 is 2.60 bits per heavy atom. The summed E-state index contributed by atoms with van der Waals surface area (Å²) in [5, 5.41) is 3.83. The number of nitrogens with zero attached hydrogens (tertiary/aromatic N) is 4. The Balaban J connectivity index is 1.73. The molecule has 6 heteroatoms. The van der Waals surface area contributed by atoms with Crippen LogP contribution in [0.5, 0.6) is 0 Å². The lowest BCUT2D eigenvalue weighted by Crippen LogP contribution is -2.22. The van der Waals surface area contributed by atoms with Gasteiger partial charge in [-0.2, -0.15) is 4.98 Å². The summed E-state index contributed by atoms with van der Waals surface area (Å²) in [6.45, 7) is 2.81. The van der Waals surface area contributed by atoms with Crippen molar-refractivity contribution in [2.45, 2.75) is 13.3 Å². The van der Waals surface area contributed by atoms with E-state index < -0.39 is 0 Å². The topological polar surface area (TPSA) is 53.9 Å². The maximum atomic E-state index is 6.20. The molecular formula is C19H20ClN5. The SMILES string of the molecule is Cc1cc(N(C)CCc2ccncc2)nc(Nc2ccccc2Cl)n1. The molecule has 128 valence electrons. The van der Waals surface area contributed by atoms with Crippen molar-refractivity contribution in [1.29, 1.82) is 0 Å². The number of benzene rings is 1. The largest absolute Gasteiger partial charge is 0.359 e. The van der Waals surface area contributed by atoms with Crippen molar-refractivity contribution in [1.82, 2.24) is 15.0 Å². The lowest BCUT2D eigenvalue weighted by atomic mass is 10.2. The highest BCUT2D eigenvalue weighted by atomic mass is 35.5. The first-order valence-electron chi connectivity index (χ1n) is 8.09. The number of pyridine rings is 1. The van der Waals surface area contributed by atoms with Gasteiger partial charge in [-0.25, -0.2) is 4.98 Å². The molecule has 0 unspecified atom stereocenters. The molecule has 0 fully saturated rings. The molecule has 0 atom stereocenters. The van der Waals surface area contributed by atoms with Gasteiger partial charge in [0.2, 0.25) is 5.95 Å². The number of hydrogen-bond acceptors (Lipinski definition) is 5. The second-order valence-corrected chi connectivity index (χ2v) is 6.23. The zero-order valence-electron chi connectivity index (χ0n) is 14.3. The van der Waals surface area contributed by atoms with Crippen molar-refractivity contribution in [2.24, 2.45) is 0 Å². The third-order valence-corrected chi connectivity index (χ3v) is 4.17. The Labute approximate surface area is 152 Å². The number of nitrogens with one attached hydrogen (secondary N) is 1. The molecule has 0 aliphatic heterocycles. The first-order chi connectivity index (χ1) is 12.1. The van der Waals surface area contributed by atoms with E-state index in [9.17, 15) is 0 Å². The molecule has 0 radical (unpaired) electrons. The fraction of sp³-hybridized carbons (Fsp3) is 0.211. The molecule has 0 amide bonds. The maximum absolute atomic E-state index is 6.20. The number of para-hydroxylation sites is 1. The molecule has 2 aromatic heterocycles. The molecule has 1 aromatic carbocycles. The van der Waals surface area contributed by atoms with Gasteiger partial charge in [-0.05, 0) is 43.2 Å². The maximum Gasteiger partial charge on any atom is 0.229 e. The van der Waals surface area contributed by atoms with E-state index in [0.29, 0.717) is 11.0 Å². The standard InChI is InChI=1S/C19H20ClN5/c1-14-13-18(25(2)12-9-15-7-10-21-11-8-15)24-19(22-14)23-17-6-4-3-5-16(17)20/h3-8,10-11,13H,9,12H2,1-2H3,(H,22,23,24). The molecule has 3 rings (SSSR count). The summed E-state index contributed by atoms with van der Waals surface area (Å²) in [6.07, 6.45) is 4.56. The molecule has 3 aromatic rings. The summed E-state index contributed by atoms with van der Waals surface area (Å²) in [7, 11) is 2.03. The van der Waals surface area contributed by atoms with Crippen LogP contribution in [-0.4, -0.2) is 28.5 Å². The Kier molecular flexibility index (Phi) is 5.46. The van der Waals surface area contributed by atoms with Gasteiger partial charge in [-0.3, -0.25) is 4.98 Å². The van der Waals surface area contributed by atoms with Gasteiger partial charge in [-0.1, -0.05) is 23.7 Å². The highest BCUT2D eigenvalue weighted by molar-refractivity contribution is 6.33. The van der Waals surface area contributed by atoms with Crippen LogP contribution in [0.25, 0.3) is 0 Å². The lowest BCUT2D eigenvalue weighted by Gasteiger charge is -2.19. The smallest absolute Gasteiger partial charge is 0.229 e. The molecule has 5 nitrogen and oxygen atoms in total. The lowest BCUT2D eigenvalue weighted by molar-refractivity contribution is 0.853. The van der Waals surface area contributed by atoms with Crippen LogP contribution in [0.4, 0.5) is 17.5 Å². The van der Waals surface area contributed by atoms with Crippen LogP contribution in [0.15, 0.2) is 54.9 Å². The molecule has 2 heterocycles. The summed E-state index contributed by atoms with van der Waals surface area (Å²) in [5.74, 6) is 1.41. The minimum absolute atomic E-state index is 0.541. The van der Waals surface area contributed by atoms with Crippen LogP contribution in [0.1, 0.15) is 11.3 Å². The van der Waals surface area contributed by atoms with Crippen LogP contribution in [0.3, 0.4) is 0 Å². The third kappa shape index (κ3) is 4.67. The van der Waals surface area contributed by atoms with Crippen LogP contribution in [0, 0.1) is 6.92 Å². The van der Waals surface area contributed by atoms with Crippen LogP contribution < -0.4 is 10.2 Å². The second-order valence-electron chi connectivity index (χ2n) is 5.82. The number of rotatable bonds is 6. The molecule has 0 saturated heterocycles. The van der Waals surface area contributed by atoms with Crippen LogP contribution in [0.2, 0.25) is 5.02 Å². The predicted octanol–water partition coefficient (Wildman–Crippen LogP) is 4.26. The van der Waals surface area contributed by atoms with Gasteiger partial charge >= 0.3 is 0 Å². The first-order valence-corrected chi connectivity index (χ1v) is 8.47. The molecule has 0 saturated carbocycles. The molecule has 0 spiro atoms. The number of likely N-dealkylation sites (N-methyl/N-ethyl adjacent to an activating group) is 1. The zero-order chi connectivity index (χ0) is 17.6. The average Bonchev–Trinajstić information content (AvgIpc) is 2.62. The van der Waals surface area contributed by atoms with Crippen molar-refractivity contribution < 1.29 is 0 Å². The fourth-order valence-electron chi connectivity index (χ4n) is 2.45. The van der Waals surface area contributed by atoms with Crippen molar-refractivity contribution in [3.63, 3.8) is 0 Å². The molecule has 0 aliphatic carbocycles. The zero-order valence-corrected chi connectivity index (χ0v) is 15.0. The summed E-state index contributed by atoms with van der Waals surface area (Å²) in [5.41, 5.74) is 2.94. The minimum Gasteiger partial charge on any atom is -0.359 e. The minimum atomic E-state index is 0.541. The van der Waals surface area contributed by atoms with E-state index in [0.717, 1.165) is 30.2 Å². The van der Waals surface area contributed by atoms with Crippen molar-refractivity contribution in [2.75, 3.05) is 23.8 Å². The van der Waals surface area contributed by atoms with Gasteiger partial charge in [0.15, 0.2) is 0 Å². The van der Waals surface area contributed by atoms with E-state index in [4.69, 9.17) is 11.6 Å². The highest BCUT2D eigenvalue weighted by Gasteiger charge is 2.08. The van der Waals surface area contributed by atoms with Crippen LogP contribution in [-0.2, 0) is 6.42 Å². The number of aromatic nitrogens is 3. The van der Waals surface area contributed by atoms with Gasteiger partial charge in [0.1, 0.15) is 5.82 Å². The Morgan fingerprint density at radius 1 is 1.08 bits per heavy atom. The van der Waals surface area contributed by atoms with Gasteiger partial charge in [-0.15, -0.1) is 0 Å². The summed E-state index contributed by atoms with van der Waals surface area (Å²) >= 11 is 6.20. The number of hydrogen-bond donors (Lipinski definition) is 1. The van der Waals surface area contributed by atoms with E-state index in [1.165, 1.54) is 5.56 Å². The third-order valence-electron chi connectivity index (χ3n) is 3.84. The summed E-state index contributed by atoms with van der Waals surface area (Å²) in [4.78, 5) is 15.2. The van der Waals surface area contributed by atoms with Gasteiger partial charge in [0, 0.05) is 37.7 Å². The molecular weight excluding hydrogens is 334 g/mol. The second kappa shape index (κ2) is 7.94. The van der Waals surface area contributed by atoms with Crippen LogP contribution >= 0.6 is 11.6 Å². The van der Waals surface area contributed by atoms with Gasteiger partial charge < -0.3 is 10.2 Å². The number of anilines is 3. The van der Waals surface area contributed by atoms with E-state index in [1.807, 2.05) is 68.8 Å². The number of aryl methyl sites for hydroxylation is 1. The molecule has 25 heavy (non-hydrogen) atoms. The van der Waals surface area contributed by atoms with Crippen molar-refractivity contribution in [3.8, 4) is 0 Å². The predicted molar refractivity (Wildman–Crippen MR) is 103 cm³/mol. The Hall–Kier alpha value is -2.66. The molecule has 1 N–H and O–H groups in total. The van der Waals surface area contributed by atoms with E-state index in [2.05, 4.69) is 25.2 Å². The van der Waals surface area contributed by atoms with E-state index in [1.54, 1.807) is 0 Å². The van der Waals surface area contributed by atoms with E-state index in [-0.39, 0.29) is 0 Å². The quantitative estimate of drug-likeness (QED) is 0.717. The Morgan fingerprint density at radius 2 is 1.84 bits per heavy atom. The molecule has 0 bridgehead atoms. The van der Waals surface area contributed by atoms with Gasteiger partial charge in [0.05, 0.1) is 10.7 Å². The summed E-state index contributed by atoms with van der Waals surface area (Å²) < 4.78 is 0. The van der Waals surface area contributed by atoms with Crippen molar-refractivity contribution >= 4 is 29.1 Å². The fourth-order valence-corrected chi connectivity index (χ4v) is 2.63.